The molecule has 2 heteroatoms. The van der Waals surface area contributed by atoms with E-state index in [1.54, 1.807) is 0 Å². The first-order chi connectivity index (χ1) is 25.1. The summed E-state index contributed by atoms with van der Waals surface area (Å²) in [6, 6.07) is 62.8. The van der Waals surface area contributed by atoms with Gasteiger partial charge in [-0.25, -0.2) is 0 Å². The Morgan fingerprint density at radius 2 is 0.980 bits per heavy atom. The number of rotatable bonds is 3. The van der Waals surface area contributed by atoms with Gasteiger partial charge in [0, 0.05) is 38.3 Å². The SMILES string of the molecule is CC1(C)c2cc(-n3c4ccccc4c4c5ccccc5ccc43)ccc2-c2c(-c3ccc(-n4c5ccccc5c5ccccc54)cc3)cccc21. The largest absolute Gasteiger partial charge is 0.309 e. The van der Waals surface area contributed by atoms with E-state index in [9.17, 15) is 0 Å². The predicted molar refractivity (Wildman–Crippen MR) is 216 cm³/mol. The lowest BCUT2D eigenvalue weighted by atomic mass is 9.82. The minimum absolute atomic E-state index is 0.148. The van der Waals surface area contributed by atoms with Gasteiger partial charge in [0.15, 0.2) is 0 Å². The Bertz CT molecular complexity index is 2990. The van der Waals surface area contributed by atoms with Gasteiger partial charge >= 0.3 is 0 Å². The topological polar surface area (TPSA) is 9.86 Å². The van der Waals surface area contributed by atoms with E-state index in [-0.39, 0.29) is 5.41 Å². The number of hydrogen-bond acceptors (Lipinski definition) is 0. The van der Waals surface area contributed by atoms with Gasteiger partial charge in [-0.3, -0.25) is 0 Å². The molecule has 0 spiro atoms. The fourth-order valence-electron chi connectivity index (χ4n) is 9.16. The van der Waals surface area contributed by atoms with Gasteiger partial charge in [0.1, 0.15) is 0 Å². The first-order valence-corrected chi connectivity index (χ1v) is 17.9. The number of aromatic nitrogens is 2. The molecule has 0 fully saturated rings. The third kappa shape index (κ3) is 3.88. The van der Waals surface area contributed by atoms with E-state index in [4.69, 9.17) is 0 Å². The lowest BCUT2D eigenvalue weighted by Gasteiger charge is -2.22. The van der Waals surface area contributed by atoms with Crippen molar-refractivity contribution in [1.82, 2.24) is 9.13 Å². The predicted octanol–water partition coefficient (Wildman–Crippen LogP) is 13.0. The molecular weight excluding hydrogens is 617 g/mol. The maximum atomic E-state index is 2.46. The van der Waals surface area contributed by atoms with Crippen LogP contribution in [0.2, 0.25) is 0 Å². The molecule has 0 saturated heterocycles. The summed E-state index contributed by atoms with van der Waals surface area (Å²) in [5, 5.41) is 7.75. The Hall–Kier alpha value is -6.38. The van der Waals surface area contributed by atoms with Crippen molar-refractivity contribution < 1.29 is 0 Å². The van der Waals surface area contributed by atoms with Crippen LogP contribution < -0.4 is 0 Å². The quantitative estimate of drug-likeness (QED) is 0.180. The summed E-state index contributed by atoms with van der Waals surface area (Å²) in [6.45, 7) is 4.77. The highest BCUT2D eigenvalue weighted by atomic mass is 15.0. The second kappa shape index (κ2) is 10.3. The second-order valence-corrected chi connectivity index (χ2v) is 14.5. The summed E-state index contributed by atoms with van der Waals surface area (Å²) in [5.74, 6) is 0. The molecule has 2 heterocycles. The molecule has 8 aromatic carbocycles. The molecule has 0 N–H and O–H groups in total. The highest BCUT2D eigenvalue weighted by molar-refractivity contribution is 6.21. The fourth-order valence-corrected chi connectivity index (χ4v) is 9.16. The monoisotopic (exact) mass is 650 g/mol. The van der Waals surface area contributed by atoms with Crippen molar-refractivity contribution in [2.24, 2.45) is 0 Å². The molecule has 240 valence electrons. The molecule has 0 aliphatic heterocycles. The maximum absolute atomic E-state index is 2.46. The van der Waals surface area contributed by atoms with Crippen LogP contribution in [0.15, 0.2) is 170 Å². The third-order valence-electron chi connectivity index (χ3n) is 11.5. The minimum atomic E-state index is -0.148. The van der Waals surface area contributed by atoms with Gasteiger partial charge in [0.2, 0.25) is 0 Å². The summed E-state index contributed by atoms with van der Waals surface area (Å²) < 4.78 is 4.85. The Labute approximate surface area is 296 Å². The van der Waals surface area contributed by atoms with Crippen LogP contribution in [0.5, 0.6) is 0 Å². The second-order valence-electron chi connectivity index (χ2n) is 14.5. The van der Waals surface area contributed by atoms with Crippen molar-refractivity contribution in [2.75, 3.05) is 0 Å². The molecule has 0 atom stereocenters. The summed E-state index contributed by atoms with van der Waals surface area (Å²) in [4.78, 5) is 0. The standard InChI is InChI=1S/C49H34N2/c1-49(2)41-18-11-17-35(32-22-25-33(26-23-32)50-43-19-8-5-14-37(43)38-15-6-9-20-44(38)50)47(41)39-28-27-34(30-42(39)49)51-45-21-10-7-16-40(45)48-36-13-4-3-12-31(36)24-29-46(48)51/h3-30H,1-2H3. The molecule has 2 nitrogen and oxygen atoms in total. The van der Waals surface area contributed by atoms with Gasteiger partial charge in [0.05, 0.1) is 22.1 Å². The molecule has 0 bridgehead atoms. The molecule has 10 aromatic rings. The van der Waals surface area contributed by atoms with Gasteiger partial charge in [-0.05, 0) is 92.7 Å². The number of para-hydroxylation sites is 3. The van der Waals surface area contributed by atoms with E-state index in [0.717, 1.165) is 0 Å². The van der Waals surface area contributed by atoms with Crippen LogP contribution >= 0.6 is 0 Å². The van der Waals surface area contributed by atoms with Crippen LogP contribution in [0.1, 0.15) is 25.0 Å². The van der Waals surface area contributed by atoms with E-state index in [0.29, 0.717) is 0 Å². The van der Waals surface area contributed by atoms with Crippen LogP contribution in [0, 0.1) is 0 Å². The lowest BCUT2D eigenvalue weighted by Crippen LogP contribution is -2.15. The molecule has 1 aliphatic carbocycles. The van der Waals surface area contributed by atoms with E-state index in [1.807, 2.05) is 0 Å². The summed E-state index contributed by atoms with van der Waals surface area (Å²) in [7, 11) is 0. The van der Waals surface area contributed by atoms with Crippen LogP contribution in [0.4, 0.5) is 0 Å². The van der Waals surface area contributed by atoms with Crippen molar-refractivity contribution in [3.05, 3.63) is 181 Å². The minimum Gasteiger partial charge on any atom is -0.309 e. The van der Waals surface area contributed by atoms with Gasteiger partial charge in [0.25, 0.3) is 0 Å². The molecule has 0 unspecified atom stereocenters. The fraction of sp³-hybridized carbons (Fsp3) is 0.0612. The van der Waals surface area contributed by atoms with Crippen LogP contribution in [-0.4, -0.2) is 9.13 Å². The first-order valence-electron chi connectivity index (χ1n) is 17.9. The Morgan fingerprint density at radius 3 is 1.71 bits per heavy atom. The summed E-state index contributed by atoms with van der Waals surface area (Å²) in [6.07, 6.45) is 0. The van der Waals surface area contributed by atoms with E-state index in [1.165, 1.54) is 99.1 Å². The number of fused-ring (bicyclic) bond motifs is 11. The molecule has 0 amide bonds. The van der Waals surface area contributed by atoms with Gasteiger partial charge in [-0.15, -0.1) is 0 Å². The van der Waals surface area contributed by atoms with Crippen LogP contribution in [-0.2, 0) is 5.41 Å². The molecular formula is C49H34N2. The average Bonchev–Trinajstić information content (AvgIpc) is 3.78. The molecule has 0 radical (unpaired) electrons. The summed E-state index contributed by atoms with van der Waals surface area (Å²) >= 11 is 0. The summed E-state index contributed by atoms with van der Waals surface area (Å²) in [5.41, 5.74) is 15.1. The van der Waals surface area contributed by atoms with Gasteiger partial charge in [-0.2, -0.15) is 0 Å². The number of benzene rings is 8. The zero-order chi connectivity index (χ0) is 33.8. The maximum Gasteiger partial charge on any atom is 0.0547 e. The van der Waals surface area contributed by atoms with E-state index in [2.05, 4.69) is 193 Å². The average molecular weight is 651 g/mol. The van der Waals surface area contributed by atoms with Crippen molar-refractivity contribution in [2.45, 2.75) is 19.3 Å². The van der Waals surface area contributed by atoms with Gasteiger partial charge < -0.3 is 9.13 Å². The smallest absolute Gasteiger partial charge is 0.0547 e. The van der Waals surface area contributed by atoms with Gasteiger partial charge in [-0.1, -0.05) is 135 Å². The van der Waals surface area contributed by atoms with Crippen LogP contribution in [0.3, 0.4) is 0 Å². The molecule has 1 aliphatic rings. The molecule has 11 rings (SSSR count). The highest BCUT2D eigenvalue weighted by Crippen LogP contribution is 2.53. The van der Waals surface area contributed by atoms with Crippen LogP contribution in [0.25, 0.3) is 88.0 Å². The lowest BCUT2D eigenvalue weighted by molar-refractivity contribution is 0.660. The number of hydrogen-bond donors (Lipinski definition) is 0. The zero-order valence-electron chi connectivity index (χ0n) is 28.6. The molecule has 2 aromatic heterocycles. The number of nitrogens with zero attached hydrogens (tertiary/aromatic N) is 2. The Morgan fingerprint density at radius 1 is 0.392 bits per heavy atom. The van der Waals surface area contributed by atoms with E-state index < -0.39 is 0 Å². The third-order valence-corrected chi connectivity index (χ3v) is 11.5. The highest BCUT2D eigenvalue weighted by Gasteiger charge is 2.37. The molecule has 51 heavy (non-hydrogen) atoms. The normalized spacial score (nSPS) is 13.5. The van der Waals surface area contributed by atoms with Crippen molar-refractivity contribution >= 4 is 54.4 Å². The first kappa shape index (κ1) is 28.5. The Balaban J connectivity index is 1.06. The van der Waals surface area contributed by atoms with Crippen molar-refractivity contribution in [3.63, 3.8) is 0 Å². The Kier molecular flexibility index (Phi) is 5.76. The van der Waals surface area contributed by atoms with Crippen molar-refractivity contribution in [1.29, 1.82) is 0 Å². The zero-order valence-corrected chi connectivity index (χ0v) is 28.6. The van der Waals surface area contributed by atoms with Crippen molar-refractivity contribution in [3.8, 4) is 33.6 Å². The van der Waals surface area contributed by atoms with E-state index >= 15 is 0 Å². The molecule has 0 saturated carbocycles.